The summed E-state index contributed by atoms with van der Waals surface area (Å²) in [7, 11) is 0. The van der Waals surface area contributed by atoms with Crippen molar-refractivity contribution in [3.05, 3.63) is 194 Å². The normalized spacial score (nSPS) is 12.8. The van der Waals surface area contributed by atoms with Gasteiger partial charge in [-0.25, -0.2) is 0 Å². The molecule has 5 heteroatoms. The molecule has 9 aromatic rings. The smallest absolute Gasteiger partial charge is 0.252 e. The van der Waals surface area contributed by atoms with Crippen LogP contribution in [0.15, 0.2) is 199 Å². The minimum atomic E-state index is 0.0205. The Morgan fingerprint density at radius 2 is 0.925 bits per heavy atom. The lowest BCUT2D eigenvalue weighted by molar-refractivity contribution is 0.669. The van der Waals surface area contributed by atoms with E-state index in [1.165, 1.54) is 27.8 Å². The Morgan fingerprint density at radius 3 is 1.53 bits per heavy atom. The number of benzene rings is 8. The first-order valence-electron chi connectivity index (χ1n) is 18.1. The molecule has 0 saturated heterocycles. The number of furan rings is 1. The Labute approximate surface area is 308 Å². The van der Waals surface area contributed by atoms with E-state index in [-0.39, 0.29) is 6.71 Å². The van der Waals surface area contributed by atoms with Crippen LogP contribution in [0.25, 0.3) is 21.9 Å². The zero-order valence-corrected chi connectivity index (χ0v) is 28.8. The molecule has 0 spiro atoms. The molecule has 0 atom stereocenters. The second-order valence-electron chi connectivity index (χ2n) is 13.7. The van der Waals surface area contributed by atoms with E-state index < -0.39 is 0 Å². The Morgan fingerprint density at radius 1 is 0.415 bits per heavy atom. The molecule has 0 unspecified atom stereocenters. The molecule has 0 amide bonds. The van der Waals surface area contributed by atoms with Gasteiger partial charge in [-0.3, -0.25) is 0 Å². The van der Waals surface area contributed by atoms with Crippen LogP contribution in [-0.2, 0) is 0 Å². The first kappa shape index (κ1) is 29.7. The molecule has 8 aromatic carbocycles. The Balaban J connectivity index is 1.24. The number of anilines is 9. The molecule has 0 bridgehead atoms. The van der Waals surface area contributed by atoms with Gasteiger partial charge in [0, 0.05) is 62.3 Å². The summed E-state index contributed by atoms with van der Waals surface area (Å²) in [4.78, 5) is 7.16. The van der Waals surface area contributed by atoms with Crippen LogP contribution >= 0.6 is 0 Å². The fraction of sp³-hybridized carbons (Fsp3) is 0. The number of para-hydroxylation sites is 6. The van der Waals surface area contributed by atoms with Gasteiger partial charge in [0.15, 0.2) is 5.58 Å². The van der Waals surface area contributed by atoms with Crippen LogP contribution < -0.4 is 31.1 Å². The molecule has 11 rings (SSSR count). The third-order valence-electron chi connectivity index (χ3n) is 10.8. The molecular formula is C48H32BN3O. The van der Waals surface area contributed by atoms with Gasteiger partial charge in [-0.2, -0.15) is 0 Å². The van der Waals surface area contributed by atoms with E-state index in [2.05, 4.69) is 209 Å². The van der Waals surface area contributed by atoms with Crippen LogP contribution in [0.4, 0.5) is 51.2 Å². The molecule has 53 heavy (non-hydrogen) atoms. The summed E-state index contributed by atoms with van der Waals surface area (Å²) in [6.07, 6.45) is 0. The zero-order valence-electron chi connectivity index (χ0n) is 28.8. The summed E-state index contributed by atoms with van der Waals surface area (Å²) in [5.41, 5.74) is 15.6. The molecule has 2 aliphatic heterocycles. The molecule has 1 aromatic heterocycles. The molecule has 4 nitrogen and oxygen atoms in total. The molecule has 0 aliphatic carbocycles. The van der Waals surface area contributed by atoms with Crippen LogP contribution in [0.1, 0.15) is 0 Å². The predicted octanol–water partition coefficient (Wildman–Crippen LogP) is 11.1. The van der Waals surface area contributed by atoms with Crippen molar-refractivity contribution in [1.82, 2.24) is 0 Å². The van der Waals surface area contributed by atoms with Crippen molar-refractivity contribution in [2.45, 2.75) is 0 Å². The maximum atomic E-state index is 7.19. The van der Waals surface area contributed by atoms with Crippen LogP contribution in [0.2, 0.25) is 0 Å². The monoisotopic (exact) mass is 677 g/mol. The van der Waals surface area contributed by atoms with E-state index >= 15 is 0 Å². The lowest BCUT2D eigenvalue weighted by atomic mass is 9.33. The highest BCUT2D eigenvalue weighted by Crippen LogP contribution is 2.49. The topological polar surface area (TPSA) is 22.9 Å². The van der Waals surface area contributed by atoms with Gasteiger partial charge in [-0.1, -0.05) is 109 Å². The molecule has 248 valence electrons. The van der Waals surface area contributed by atoms with Crippen molar-refractivity contribution in [2.24, 2.45) is 0 Å². The van der Waals surface area contributed by atoms with E-state index in [9.17, 15) is 0 Å². The van der Waals surface area contributed by atoms with E-state index in [4.69, 9.17) is 4.42 Å². The second-order valence-corrected chi connectivity index (χ2v) is 13.7. The quantitative estimate of drug-likeness (QED) is 0.169. The van der Waals surface area contributed by atoms with Crippen LogP contribution in [-0.4, -0.2) is 6.71 Å². The van der Waals surface area contributed by atoms with Gasteiger partial charge in [0.1, 0.15) is 5.58 Å². The highest BCUT2D eigenvalue weighted by Gasteiger charge is 2.44. The van der Waals surface area contributed by atoms with Gasteiger partial charge in [-0.15, -0.1) is 0 Å². The summed E-state index contributed by atoms with van der Waals surface area (Å²) in [6, 6.07) is 69.4. The number of nitrogens with zero attached hydrogens (tertiary/aromatic N) is 3. The molecule has 2 aliphatic rings. The molecule has 0 saturated carbocycles. The van der Waals surface area contributed by atoms with Crippen molar-refractivity contribution in [3.8, 4) is 0 Å². The average Bonchev–Trinajstić information content (AvgIpc) is 3.60. The predicted molar refractivity (Wildman–Crippen MR) is 222 cm³/mol. The third kappa shape index (κ3) is 4.50. The van der Waals surface area contributed by atoms with Crippen molar-refractivity contribution in [1.29, 1.82) is 0 Å². The van der Waals surface area contributed by atoms with Crippen molar-refractivity contribution < 1.29 is 4.42 Å². The SMILES string of the molecule is c1ccc(N(c2ccccc2)c2ccc3c(c2)oc2c4c5c(cc23)N(c2ccccc2)c2ccccc2B5c2ccccc2N4c2ccccc2)cc1. The van der Waals surface area contributed by atoms with Crippen molar-refractivity contribution in [2.75, 3.05) is 14.7 Å². The third-order valence-corrected chi connectivity index (χ3v) is 10.8. The average molecular weight is 678 g/mol. The second kappa shape index (κ2) is 11.8. The summed E-state index contributed by atoms with van der Waals surface area (Å²) in [5.74, 6) is 0. The zero-order chi connectivity index (χ0) is 34.9. The first-order valence-corrected chi connectivity index (χ1v) is 18.1. The van der Waals surface area contributed by atoms with Crippen molar-refractivity contribution in [3.63, 3.8) is 0 Å². The lowest BCUT2D eigenvalue weighted by Crippen LogP contribution is -2.61. The van der Waals surface area contributed by atoms with E-state index in [0.29, 0.717) is 0 Å². The van der Waals surface area contributed by atoms with Crippen LogP contribution in [0, 0.1) is 0 Å². The number of fused-ring (bicyclic) bond motifs is 8. The fourth-order valence-electron chi connectivity index (χ4n) is 8.61. The van der Waals surface area contributed by atoms with E-state index in [1.807, 2.05) is 0 Å². The number of hydrogen-bond acceptors (Lipinski definition) is 4. The molecule has 3 heterocycles. The minimum absolute atomic E-state index is 0.0205. The van der Waals surface area contributed by atoms with Gasteiger partial charge in [0.25, 0.3) is 6.71 Å². The van der Waals surface area contributed by atoms with Gasteiger partial charge in [0.2, 0.25) is 0 Å². The van der Waals surface area contributed by atoms with Gasteiger partial charge in [0.05, 0.1) is 5.69 Å². The lowest BCUT2D eigenvalue weighted by Gasteiger charge is -2.44. The van der Waals surface area contributed by atoms with E-state index in [0.717, 1.165) is 61.8 Å². The largest absolute Gasteiger partial charge is 0.454 e. The maximum Gasteiger partial charge on any atom is 0.252 e. The highest BCUT2D eigenvalue weighted by molar-refractivity contribution is 7.00. The van der Waals surface area contributed by atoms with Gasteiger partial charge >= 0.3 is 0 Å². The van der Waals surface area contributed by atoms with Crippen LogP contribution in [0.3, 0.4) is 0 Å². The van der Waals surface area contributed by atoms with Crippen LogP contribution in [0.5, 0.6) is 0 Å². The molecule has 0 fully saturated rings. The van der Waals surface area contributed by atoms with Crippen molar-refractivity contribution >= 4 is 96.2 Å². The Hall–Kier alpha value is -6.98. The number of hydrogen-bond donors (Lipinski definition) is 0. The summed E-state index contributed by atoms with van der Waals surface area (Å²) >= 11 is 0. The first-order chi connectivity index (χ1) is 26.3. The number of rotatable bonds is 5. The Bertz CT molecular complexity index is 2750. The summed E-state index contributed by atoms with van der Waals surface area (Å²) in [6.45, 7) is 0.0205. The highest BCUT2D eigenvalue weighted by atomic mass is 16.3. The maximum absolute atomic E-state index is 7.19. The Kier molecular flexibility index (Phi) is 6.61. The molecule has 0 N–H and O–H groups in total. The van der Waals surface area contributed by atoms with Gasteiger partial charge in [-0.05, 0) is 95.3 Å². The molecule has 0 radical (unpaired) electrons. The summed E-state index contributed by atoms with van der Waals surface area (Å²) < 4.78 is 7.19. The molecular weight excluding hydrogens is 645 g/mol. The fourth-order valence-corrected chi connectivity index (χ4v) is 8.61. The van der Waals surface area contributed by atoms with E-state index in [1.54, 1.807) is 0 Å². The summed E-state index contributed by atoms with van der Waals surface area (Å²) in [5, 5.41) is 2.17. The minimum Gasteiger partial charge on any atom is -0.454 e. The standard InChI is InChI=1S/C48H32BN3O/c1-5-17-33(18-6-1)50(34-19-7-2-8-20-34)37-29-30-38-39-32-44-46-47(48(39)53-45(38)31-37)52(36-23-11-4-12-24-36)43-28-16-14-26-41(43)49(46)40-25-13-15-27-42(40)51(44)35-21-9-3-10-22-35/h1-32H. The van der Waals surface area contributed by atoms with Gasteiger partial charge < -0.3 is 19.1 Å².